The number of carbonyl (C=O) groups excluding carboxylic acids is 1. The third-order valence-corrected chi connectivity index (χ3v) is 5.80. The van der Waals surface area contributed by atoms with E-state index in [0.717, 1.165) is 24.9 Å². The lowest BCUT2D eigenvalue weighted by atomic mass is 9.99. The van der Waals surface area contributed by atoms with Gasteiger partial charge in [0.05, 0.1) is 29.4 Å². The molecule has 11 heteroatoms. The molecule has 0 unspecified atom stereocenters. The van der Waals surface area contributed by atoms with Crippen molar-refractivity contribution in [3.63, 3.8) is 0 Å². The van der Waals surface area contributed by atoms with Crippen molar-refractivity contribution >= 4 is 34.6 Å². The Hall–Kier alpha value is -3.50. The molecule has 1 aliphatic rings. The molecule has 168 valence electrons. The van der Waals surface area contributed by atoms with E-state index in [-0.39, 0.29) is 24.2 Å². The van der Waals surface area contributed by atoms with Gasteiger partial charge in [-0.2, -0.15) is 0 Å². The zero-order valence-electron chi connectivity index (χ0n) is 17.5. The van der Waals surface area contributed by atoms with E-state index in [1.165, 1.54) is 18.3 Å². The number of aromatic nitrogens is 6. The number of halogens is 2. The molecule has 1 saturated heterocycles. The van der Waals surface area contributed by atoms with Crippen LogP contribution in [0.3, 0.4) is 0 Å². The van der Waals surface area contributed by atoms with Crippen LogP contribution in [-0.4, -0.2) is 48.9 Å². The summed E-state index contributed by atoms with van der Waals surface area (Å²) in [6.07, 6.45) is 4.81. The van der Waals surface area contributed by atoms with Crippen LogP contribution in [-0.2, 0) is 11.3 Å². The fraction of sp³-hybridized carbons (Fsp3) is 0.273. The van der Waals surface area contributed by atoms with Gasteiger partial charge < -0.3 is 10.6 Å². The molecular formula is C22H20ClFN8O. The highest BCUT2D eigenvalue weighted by Crippen LogP contribution is 2.29. The second-order valence-corrected chi connectivity index (χ2v) is 8.27. The summed E-state index contributed by atoms with van der Waals surface area (Å²) in [6, 6.07) is 7.92. The zero-order valence-corrected chi connectivity index (χ0v) is 18.3. The summed E-state index contributed by atoms with van der Waals surface area (Å²) < 4.78 is 15.1. The molecule has 1 amide bonds. The summed E-state index contributed by atoms with van der Waals surface area (Å²) in [7, 11) is 0. The molecule has 9 nitrogen and oxygen atoms in total. The Morgan fingerprint density at radius 2 is 2.18 bits per heavy atom. The molecule has 4 aromatic rings. The maximum atomic E-state index is 13.6. The number of rotatable bonds is 5. The first-order valence-electron chi connectivity index (χ1n) is 10.5. The number of nitrogens with zero attached hydrogens (tertiary/aromatic N) is 6. The number of fused-ring (bicyclic) bond motifs is 1. The van der Waals surface area contributed by atoms with Gasteiger partial charge >= 0.3 is 0 Å². The summed E-state index contributed by atoms with van der Waals surface area (Å²) in [5.41, 5.74) is 2.56. The highest BCUT2D eigenvalue weighted by atomic mass is 35.5. The van der Waals surface area contributed by atoms with E-state index >= 15 is 0 Å². The van der Waals surface area contributed by atoms with E-state index < -0.39 is 0 Å². The fourth-order valence-corrected chi connectivity index (χ4v) is 4.01. The van der Waals surface area contributed by atoms with Crippen molar-refractivity contribution in [3.05, 3.63) is 59.1 Å². The number of benzene rings is 1. The molecule has 0 saturated carbocycles. The molecule has 0 radical (unpaired) electrons. The maximum absolute atomic E-state index is 13.6. The van der Waals surface area contributed by atoms with Crippen molar-refractivity contribution in [3.8, 4) is 11.3 Å². The molecular weight excluding hydrogens is 447 g/mol. The van der Waals surface area contributed by atoms with E-state index in [2.05, 4.69) is 35.9 Å². The molecule has 33 heavy (non-hydrogen) atoms. The summed E-state index contributed by atoms with van der Waals surface area (Å²) in [5, 5.41) is 14.6. The van der Waals surface area contributed by atoms with E-state index in [9.17, 15) is 9.18 Å². The molecule has 1 atom stereocenters. The minimum Gasteiger partial charge on any atom is -0.316 e. The lowest BCUT2D eigenvalue weighted by Crippen LogP contribution is -2.37. The topological polar surface area (TPSA) is 111 Å². The molecule has 1 aromatic carbocycles. The first-order chi connectivity index (χ1) is 16.1. The largest absolute Gasteiger partial charge is 0.316 e. The molecule has 1 aliphatic heterocycles. The van der Waals surface area contributed by atoms with Gasteiger partial charge in [-0.3, -0.25) is 4.79 Å². The first kappa shape index (κ1) is 21.4. The van der Waals surface area contributed by atoms with Gasteiger partial charge in [0.2, 0.25) is 11.6 Å². The zero-order chi connectivity index (χ0) is 22.8. The van der Waals surface area contributed by atoms with Gasteiger partial charge in [-0.15, -0.1) is 5.10 Å². The summed E-state index contributed by atoms with van der Waals surface area (Å²) >= 11 is 6.40. The Morgan fingerprint density at radius 3 is 3.00 bits per heavy atom. The standard InChI is InChI=1S/C22H20ClFN8O/c23-17-10-26-19(29-22(33)14-4-2-6-25-9-14)8-16(17)18-11-27-20-21(28-18)32(31-30-20)12-13-3-1-5-15(24)7-13/h1,3,5,7-8,10-11,14,25H,2,4,6,9,12H2,(H,26,29,33)/t14-/m1/s1. The van der Waals surface area contributed by atoms with Crippen molar-refractivity contribution in [1.29, 1.82) is 0 Å². The molecule has 0 bridgehead atoms. The highest BCUT2D eigenvalue weighted by molar-refractivity contribution is 6.33. The van der Waals surface area contributed by atoms with Gasteiger partial charge in [-0.05, 0) is 43.1 Å². The maximum Gasteiger partial charge on any atom is 0.229 e. The van der Waals surface area contributed by atoms with Crippen LogP contribution in [0, 0.1) is 11.7 Å². The Bertz CT molecular complexity index is 1320. The van der Waals surface area contributed by atoms with Crippen LogP contribution >= 0.6 is 11.6 Å². The number of carbonyl (C=O) groups is 1. The SMILES string of the molecule is O=C(Nc1cc(-c2cnc3nnn(Cc4cccc(F)c4)c3n2)c(Cl)cn1)[C@@H]1CCCNC1. The van der Waals surface area contributed by atoms with Crippen LogP contribution in [0.15, 0.2) is 42.7 Å². The average Bonchev–Trinajstić information content (AvgIpc) is 3.23. The van der Waals surface area contributed by atoms with Crippen molar-refractivity contribution in [1.82, 2.24) is 35.3 Å². The average molecular weight is 467 g/mol. The highest BCUT2D eigenvalue weighted by Gasteiger charge is 2.22. The number of hydrogen-bond donors (Lipinski definition) is 2. The van der Waals surface area contributed by atoms with Crippen LogP contribution in [0.25, 0.3) is 22.6 Å². The molecule has 1 fully saturated rings. The molecule has 0 spiro atoms. The van der Waals surface area contributed by atoms with Gasteiger partial charge in [0, 0.05) is 18.3 Å². The van der Waals surface area contributed by atoms with Crippen molar-refractivity contribution in [2.45, 2.75) is 19.4 Å². The first-order valence-corrected chi connectivity index (χ1v) is 10.9. The number of pyridine rings is 1. The number of hydrogen-bond acceptors (Lipinski definition) is 7. The van der Waals surface area contributed by atoms with Crippen LogP contribution in [0.2, 0.25) is 5.02 Å². The number of nitrogens with one attached hydrogen (secondary N) is 2. The lowest BCUT2D eigenvalue weighted by Gasteiger charge is -2.21. The Morgan fingerprint density at radius 1 is 1.27 bits per heavy atom. The minimum atomic E-state index is -0.328. The van der Waals surface area contributed by atoms with E-state index in [0.29, 0.717) is 39.9 Å². The van der Waals surface area contributed by atoms with Crippen LogP contribution in [0.5, 0.6) is 0 Å². The Labute approximate surface area is 193 Å². The van der Waals surface area contributed by atoms with E-state index in [4.69, 9.17) is 11.6 Å². The van der Waals surface area contributed by atoms with Gasteiger partial charge in [0.25, 0.3) is 0 Å². The molecule has 3 aromatic heterocycles. The lowest BCUT2D eigenvalue weighted by molar-refractivity contribution is -0.120. The van der Waals surface area contributed by atoms with Crippen LogP contribution in [0.4, 0.5) is 10.2 Å². The van der Waals surface area contributed by atoms with E-state index in [1.807, 2.05) is 0 Å². The summed E-state index contributed by atoms with van der Waals surface area (Å²) in [4.78, 5) is 25.8. The Kier molecular flexibility index (Phi) is 5.93. The van der Waals surface area contributed by atoms with Crippen LogP contribution in [0.1, 0.15) is 18.4 Å². The van der Waals surface area contributed by atoms with Crippen LogP contribution < -0.4 is 10.6 Å². The monoisotopic (exact) mass is 466 g/mol. The normalized spacial score (nSPS) is 16.1. The van der Waals surface area contributed by atoms with Gasteiger partial charge in [0.15, 0.2) is 5.65 Å². The second kappa shape index (κ2) is 9.16. The molecule has 4 heterocycles. The Balaban J connectivity index is 1.43. The van der Waals surface area contributed by atoms with E-state index in [1.54, 1.807) is 29.1 Å². The number of anilines is 1. The summed E-state index contributed by atoms with van der Waals surface area (Å²) in [5.74, 6) is -0.120. The van der Waals surface area contributed by atoms with Crippen molar-refractivity contribution < 1.29 is 9.18 Å². The minimum absolute atomic E-state index is 0.0816. The smallest absolute Gasteiger partial charge is 0.229 e. The molecule has 0 aliphatic carbocycles. The predicted molar refractivity (Wildman–Crippen MR) is 121 cm³/mol. The number of piperidine rings is 1. The third-order valence-electron chi connectivity index (χ3n) is 5.50. The van der Waals surface area contributed by atoms with Crippen molar-refractivity contribution in [2.75, 3.05) is 18.4 Å². The van der Waals surface area contributed by atoms with Gasteiger partial charge in [0.1, 0.15) is 11.6 Å². The quantitative estimate of drug-likeness (QED) is 0.465. The van der Waals surface area contributed by atoms with Gasteiger partial charge in [-0.1, -0.05) is 28.9 Å². The third kappa shape index (κ3) is 4.67. The van der Waals surface area contributed by atoms with Gasteiger partial charge in [-0.25, -0.2) is 24.0 Å². The molecule has 5 rings (SSSR count). The second-order valence-electron chi connectivity index (χ2n) is 7.86. The van der Waals surface area contributed by atoms with Crippen molar-refractivity contribution in [2.24, 2.45) is 5.92 Å². The molecule has 2 N–H and O–H groups in total. The fourth-order valence-electron chi connectivity index (χ4n) is 3.81. The predicted octanol–water partition coefficient (Wildman–Crippen LogP) is 3.06. The summed E-state index contributed by atoms with van der Waals surface area (Å²) in [6.45, 7) is 1.86. The number of amides is 1.